The molecule has 0 atom stereocenters. The average Bonchev–Trinajstić information content (AvgIpc) is 2.52. The molecule has 0 amide bonds. The summed E-state index contributed by atoms with van der Waals surface area (Å²) in [5, 5.41) is 19.1. The van der Waals surface area contributed by atoms with E-state index in [1.54, 1.807) is 0 Å². The molecule has 4 nitrogen and oxygen atoms in total. The Bertz CT molecular complexity index is 880. The number of alkyl halides is 3. The first-order chi connectivity index (χ1) is 12.1. The van der Waals surface area contributed by atoms with Crippen LogP contribution < -0.4 is 0 Å². The first-order valence-electron chi connectivity index (χ1n) is 7.90. The van der Waals surface area contributed by atoms with Gasteiger partial charge >= 0.3 is 12.1 Å². The van der Waals surface area contributed by atoms with Crippen LogP contribution in [0.25, 0.3) is 11.1 Å². The van der Waals surface area contributed by atoms with Crippen molar-refractivity contribution < 1.29 is 23.1 Å². The van der Waals surface area contributed by atoms with Crippen molar-refractivity contribution in [3.05, 3.63) is 52.3 Å². The summed E-state index contributed by atoms with van der Waals surface area (Å²) in [7, 11) is 0. The second kappa shape index (κ2) is 7.16. The molecular weight excluding hydrogens is 345 g/mol. The molecule has 136 valence electrons. The van der Waals surface area contributed by atoms with E-state index in [1.165, 1.54) is 19.1 Å². The van der Waals surface area contributed by atoms with E-state index in [9.17, 15) is 28.3 Å². The number of hydrogen-bond acceptors (Lipinski definition) is 3. The molecule has 26 heavy (non-hydrogen) atoms. The van der Waals surface area contributed by atoms with Gasteiger partial charge in [0.1, 0.15) is 6.07 Å². The molecule has 0 aliphatic rings. The van der Waals surface area contributed by atoms with Gasteiger partial charge in [0.25, 0.3) is 0 Å². The number of aryl methyl sites for hydroxylation is 1. The highest BCUT2D eigenvalue weighted by molar-refractivity contribution is 5.99. The average molecular weight is 362 g/mol. The number of carbonyl (C=O) groups is 1. The van der Waals surface area contributed by atoms with Gasteiger partial charge in [-0.1, -0.05) is 26.0 Å². The van der Waals surface area contributed by atoms with E-state index in [0.717, 1.165) is 12.1 Å². The molecule has 0 unspecified atom stereocenters. The van der Waals surface area contributed by atoms with E-state index >= 15 is 0 Å². The Morgan fingerprint density at radius 3 is 2.27 bits per heavy atom. The van der Waals surface area contributed by atoms with E-state index in [-0.39, 0.29) is 33.9 Å². The monoisotopic (exact) mass is 362 g/mol. The molecule has 0 saturated carbocycles. The maximum absolute atomic E-state index is 12.8. The zero-order chi connectivity index (χ0) is 19.6. The van der Waals surface area contributed by atoms with Gasteiger partial charge in [0.2, 0.25) is 0 Å². The summed E-state index contributed by atoms with van der Waals surface area (Å²) in [4.78, 5) is 16.0. The summed E-state index contributed by atoms with van der Waals surface area (Å²) in [5.74, 6) is -1.11. The van der Waals surface area contributed by atoms with Crippen LogP contribution in [0.3, 0.4) is 0 Å². The summed E-state index contributed by atoms with van der Waals surface area (Å²) >= 11 is 0. The van der Waals surface area contributed by atoms with Crippen LogP contribution in [0.15, 0.2) is 24.3 Å². The van der Waals surface area contributed by atoms with Gasteiger partial charge in [-0.15, -0.1) is 0 Å². The molecule has 1 N–H and O–H groups in total. The van der Waals surface area contributed by atoms with E-state index in [1.807, 2.05) is 19.9 Å². The number of halogens is 3. The predicted molar refractivity (Wildman–Crippen MR) is 89.6 cm³/mol. The SMILES string of the molecule is Cc1nc(CC(C)C)c(C#N)c(-c2ccc(C(F)(F)F)cc2)c1C(=O)O. The van der Waals surface area contributed by atoms with E-state index in [2.05, 4.69) is 4.98 Å². The fourth-order valence-electron chi connectivity index (χ4n) is 2.80. The lowest BCUT2D eigenvalue weighted by Gasteiger charge is -2.16. The number of nitrogens with zero attached hydrogens (tertiary/aromatic N) is 2. The lowest BCUT2D eigenvalue weighted by atomic mass is 9.90. The third-order valence-electron chi connectivity index (χ3n) is 3.88. The first kappa shape index (κ1) is 19.4. The van der Waals surface area contributed by atoms with Gasteiger partial charge in [-0.05, 0) is 37.0 Å². The number of nitriles is 1. The summed E-state index contributed by atoms with van der Waals surface area (Å²) in [5.41, 5.74) is 0.0846. The Morgan fingerprint density at radius 2 is 1.85 bits per heavy atom. The van der Waals surface area contributed by atoms with Crippen molar-refractivity contribution in [3.63, 3.8) is 0 Å². The minimum Gasteiger partial charge on any atom is -0.478 e. The summed E-state index contributed by atoms with van der Waals surface area (Å²) in [6.07, 6.45) is -4.04. The van der Waals surface area contributed by atoms with Crippen molar-refractivity contribution in [1.29, 1.82) is 5.26 Å². The molecule has 1 heterocycles. The maximum Gasteiger partial charge on any atom is 0.416 e. The zero-order valence-corrected chi connectivity index (χ0v) is 14.5. The molecule has 2 aromatic rings. The highest BCUT2D eigenvalue weighted by atomic mass is 19.4. The van der Waals surface area contributed by atoms with E-state index < -0.39 is 17.7 Å². The van der Waals surface area contributed by atoms with Crippen LogP contribution in [0.4, 0.5) is 13.2 Å². The van der Waals surface area contributed by atoms with Gasteiger partial charge in [-0.3, -0.25) is 4.98 Å². The fraction of sp³-hybridized carbons (Fsp3) is 0.316. The van der Waals surface area contributed by atoms with Gasteiger partial charge in [-0.25, -0.2) is 4.79 Å². The number of aromatic nitrogens is 1. The molecule has 2 rings (SSSR count). The number of rotatable bonds is 4. The number of carboxylic acid groups (broad SMARTS) is 1. The van der Waals surface area contributed by atoms with Gasteiger partial charge in [-0.2, -0.15) is 18.4 Å². The normalized spacial score (nSPS) is 11.5. The van der Waals surface area contributed by atoms with Crippen LogP contribution in [0.2, 0.25) is 0 Å². The molecule has 0 bridgehead atoms. The third-order valence-corrected chi connectivity index (χ3v) is 3.88. The molecule has 0 aliphatic carbocycles. The maximum atomic E-state index is 12.8. The lowest BCUT2D eigenvalue weighted by molar-refractivity contribution is -0.137. The van der Waals surface area contributed by atoms with Crippen molar-refractivity contribution in [1.82, 2.24) is 4.98 Å². The van der Waals surface area contributed by atoms with Crippen LogP contribution >= 0.6 is 0 Å². The van der Waals surface area contributed by atoms with Gasteiger partial charge < -0.3 is 5.11 Å². The van der Waals surface area contributed by atoms with Crippen molar-refractivity contribution in [2.75, 3.05) is 0 Å². The van der Waals surface area contributed by atoms with Gasteiger partial charge in [0.05, 0.1) is 28.1 Å². The fourth-order valence-corrected chi connectivity index (χ4v) is 2.80. The van der Waals surface area contributed by atoms with Crippen LogP contribution in [0, 0.1) is 24.2 Å². The minimum atomic E-state index is -4.50. The Kier molecular flexibility index (Phi) is 5.36. The van der Waals surface area contributed by atoms with Gasteiger partial charge in [0.15, 0.2) is 0 Å². The predicted octanol–water partition coefficient (Wildman–Crippen LogP) is 4.84. The summed E-state index contributed by atoms with van der Waals surface area (Å²) in [6.45, 7) is 5.38. The number of hydrogen-bond donors (Lipinski definition) is 1. The molecule has 0 aliphatic heterocycles. The molecule has 1 aromatic carbocycles. The van der Waals surface area contributed by atoms with Crippen LogP contribution in [-0.2, 0) is 12.6 Å². The second-order valence-corrected chi connectivity index (χ2v) is 6.36. The van der Waals surface area contributed by atoms with Crippen molar-refractivity contribution in [2.24, 2.45) is 5.92 Å². The zero-order valence-electron chi connectivity index (χ0n) is 14.5. The topological polar surface area (TPSA) is 74.0 Å². The number of benzene rings is 1. The van der Waals surface area contributed by atoms with Crippen molar-refractivity contribution in [2.45, 2.75) is 33.4 Å². The van der Waals surface area contributed by atoms with E-state index in [0.29, 0.717) is 12.1 Å². The largest absolute Gasteiger partial charge is 0.478 e. The summed E-state index contributed by atoms with van der Waals surface area (Å²) < 4.78 is 38.4. The smallest absolute Gasteiger partial charge is 0.416 e. The molecule has 1 aromatic heterocycles. The molecule has 0 spiro atoms. The molecule has 0 fully saturated rings. The number of pyridine rings is 1. The molecule has 7 heteroatoms. The Morgan fingerprint density at radius 1 is 1.27 bits per heavy atom. The highest BCUT2D eigenvalue weighted by Crippen LogP contribution is 2.35. The Labute approximate surface area is 148 Å². The number of aromatic carboxylic acids is 1. The lowest BCUT2D eigenvalue weighted by Crippen LogP contribution is -2.12. The van der Waals surface area contributed by atoms with Crippen molar-refractivity contribution >= 4 is 5.97 Å². The summed E-state index contributed by atoms with van der Waals surface area (Å²) in [6, 6.07) is 6.11. The Balaban J connectivity index is 2.78. The number of carboxylic acids is 1. The van der Waals surface area contributed by atoms with Crippen LogP contribution in [-0.4, -0.2) is 16.1 Å². The quantitative estimate of drug-likeness (QED) is 0.844. The van der Waals surface area contributed by atoms with Crippen LogP contribution in [0.1, 0.15) is 46.7 Å². The molecular formula is C19H17F3N2O2. The minimum absolute atomic E-state index is 0.0847. The molecule has 0 saturated heterocycles. The standard InChI is InChI=1S/C19H17F3N2O2/c1-10(2)8-15-14(9-23)17(16(18(25)26)11(3)24-15)12-4-6-13(7-5-12)19(20,21)22/h4-7,10H,8H2,1-3H3,(H,25,26). The van der Waals surface area contributed by atoms with E-state index in [4.69, 9.17) is 0 Å². The van der Waals surface area contributed by atoms with Crippen molar-refractivity contribution in [3.8, 4) is 17.2 Å². The first-order valence-corrected chi connectivity index (χ1v) is 7.90. The molecule has 0 radical (unpaired) electrons. The third kappa shape index (κ3) is 3.85. The van der Waals surface area contributed by atoms with Gasteiger partial charge in [0, 0.05) is 5.56 Å². The highest BCUT2D eigenvalue weighted by Gasteiger charge is 2.31. The second-order valence-electron chi connectivity index (χ2n) is 6.36. The van der Waals surface area contributed by atoms with Crippen LogP contribution in [0.5, 0.6) is 0 Å². The Hall–Kier alpha value is -2.88.